The Balaban J connectivity index is 3.02. The Hall–Kier alpha value is -1.00. The summed E-state index contributed by atoms with van der Waals surface area (Å²) in [5.41, 5.74) is 0.189. The average Bonchev–Trinajstić information content (AvgIpc) is 2.10. The Labute approximate surface area is 90.2 Å². The van der Waals surface area contributed by atoms with E-state index in [9.17, 15) is 9.18 Å². The largest absolute Gasteiger partial charge is 0.341 e. The molecule has 0 spiro atoms. The van der Waals surface area contributed by atoms with Crippen molar-refractivity contribution in [3.8, 4) is 0 Å². The van der Waals surface area contributed by atoms with Gasteiger partial charge in [0.05, 0.1) is 15.7 Å². The van der Waals surface area contributed by atoms with Crippen LogP contribution in [0.2, 0.25) is 10.0 Å². The van der Waals surface area contributed by atoms with Crippen LogP contribution in [0.5, 0.6) is 0 Å². The van der Waals surface area contributed by atoms with E-state index in [1.807, 2.05) is 0 Å². The van der Waals surface area contributed by atoms with Crippen molar-refractivity contribution >= 4 is 34.9 Å². The number of benzene rings is 1. The Morgan fingerprint density at radius 2 is 1.86 bits per heavy atom. The molecule has 6 heteroatoms. The number of amides is 2. The van der Waals surface area contributed by atoms with Crippen LogP contribution >= 0.6 is 23.2 Å². The molecule has 0 aromatic heterocycles. The molecule has 0 aliphatic rings. The average molecular weight is 237 g/mol. The van der Waals surface area contributed by atoms with E-state index in [0.717, 1.165) is 12.1 Å². The number of halogens is 3. The van der Waals surface area contributed by atoms with Gasteiger partial charge in [0.25, 0.3) is 0 Å². The first-order valence-corrected chi connectivity index (χ1v) is 4.43. The molecule has 0 atom stereocenters. The molecule has 1 aromatic rings. The normalized spacial score (nSPS) is 9.71. The van der Waals surface area contributed by atoms with E-state index in [1.54, 1.807) is 0 Å². The minimum absolute atomic E-state index is 0.0543. The quantitative estimate of drug-likeness (QED) is 0.774. The molecule has 3 nitrogen and oxygen atoms in total. The smallest absolute Gasteiger partial charge is 0.319 e. The predicted molar refractivity (Wildman–Crippen MR) is 54.5 cm³/mol. The first-order valence-electron chi connectivity index (χ1n) is 3.68. The van der Waals surface area contributed by atoms with Crippen molar-refractivity contribution in [3.05, 3.63) is 28.0 Å². The van der Waals surface area contributed by atoms with Gasteiger partial charge in [0.1, 0.15) is 5.82 Å². The third-order valence-electron chi connectivity index (χ3n) is 1.47. The molecule has 0 fully saturated rings. The van der Waals surface area contributed by atoms with Gasteiger partial charge in [-0.15, -0.1) is 0 Å². The summed E-state index contributed by atoms with van der Waals surface area (Å²) in [6.07, 6.45) is 0. The SMILES string of the molecule is CNC(=O)Nc1c(Cl)cc(F)cc1Cl. The summed E-state index contributed by atoms with van der Waals surface area (Å²) in [4.78, 5) is 10.9. The van der Waals surface area contributed by atoms with Gasteiger partial charge in [-0.1, -0.05) is 23.2 Å². The van der Waals surface area contributed by atoms with E-state index in [4.69, 9.17) is 23.2 Å². The molecule has 0 unspecified atom stereocenters. The number of hydrogen-bond acceptors (Lipinski definition) is 1. The zero-order chi connectivity index (χ0) is 10.7. The molecule has 1 aromatic carbocycles. The lowest BCUT2D eigenvalue weighted by atomic mass is 10.3. The van der Waals surface area contributed by atoms with Crippen LogP contribution in [-0.4, -0.2) is 13.1 Å². The third kappa shape index (κ3) is 2.49. The van der Waals surface area contributed by atoms with Crippen LogP contribution in [-0.2, 0) is 0 Å². The Bertz CT molecular complexity index is 347. The fraction of sp³-hybridized carbons (Fsp3) is 0.125. The van der Waals surface area contributed by atoms with E-state index in [2.05, 4.69) is 10.6 Å². The summed E-state index contributed by atoms with van der Waals surface area (Å²) in [5, 5.41) is 4.80. The summed E-state index contributed by atoms with van der Waals surface area (Å²) >= 11 is 11.3. The monoisotopic (exact) mass is 236 g/mol. The van der Waals surface area contributed by atoms with Crippen molar-refractivity contribution in [3.63, 3.8) is 0 Å². The number of hydrogen-bond donors (Lipinski definition) is 2. The van der Waals surface area contributed by atoms with E-state index < -0.39 is 11.8 Å². The van der Waals surface area contributed by atoms with Crippen LogP contribution < -0.4 is 10.6 Å². The second-order valence-electron chi connectivity index (χ2n) is 2.45. The Kier molecular flexibility index (Phi) is 3.55. The molecule has 0 heterocycles. The van der Waals surface area contributed by atoms with Gasteiger partial charge in [-0.3, -0.25) is 0 Å². The van der Waals surface area contributed by atoms with Crippen LogP contribution in [0, 0.1) is 5.82 Å². The molecular weight excluding hydrogens is 230 g/mol. The maximum Gasteiger partial charge on any atom is 0.319 e. The van der Waals surface area contributed by atoms with E-state index in [1.165, 1.54) is 7.05 Å². The highest BCUT2D eigenvalue weighted by atomic mass is 35.5. The maximum atomic E-state index is 12.7. The minimum atomic E-state index is -0.553. The van der Waals surface area contributed by atoms with Gasteiger partial charge in [-0.2, -0.15) is 0 Å². The molecule has 76 valence electrons. The van der Waals surface area contributed by atoms with Gasteiger partial charge in [0.2, 0.25) is 0 Å². The molecule has 14 heavy (non-hydrogen) atoms. The predicted octanol–water partition coefficient (Wildman–Crippen LogP) is 2.88. The topological polar surface area (TPSA) is 41.1 Å². The third-order valence-corrected chi connectivity index (χ3v) is 2.07. The number of carbonyl (C=O) groups is 1. The molecular formula is C8H7Cl2FN2O. The maximum absolute atomic E-state index is 12.7. The molecule has 0 radical (unpaired) electrons. The van der Waals surface area contributed by atoms with Gasteiger partial charge in [0.15, 0.2) is 0 Å². The highest BCUT2D eigenvalue weighted by molar-refractivity contribution is 6.39. The van der Waals surface area contributed by atoms with Crippen LogP contribution in [0.25, 0.3) is 0 Å². The Morgan fingerprint density at radius 3 is 2.29 bits per heavy atom. The molecule has 2 amide bonds. The first-order chi connectivity index (χ1) is 6.54. The Morgan fingerprint density at radius 1 is 1.36 bits per heavy atom. The lowest BCUT2D eigenvalue weighted by molar-refractivity contribution is 0.254. The number of anilines is 1. The fourth-order valence-corrected chi connectivity index (χ4v) is 1.39. The molecule has 0 aliphatic carbocycles. The molecule has 0 aliphatic heterocycles. The lowest BCUT2D eigenvalue weighted by Gasteiger charge is -2.08. The molecule has 1 rings (SSSR count). The summed E-state index contributed by atoms with van der Waals surface area (Å²) in [7, 11) is 1.45. The summed E-state index contributed by atoms with van der Waals surface area (Å²) in [5.74, 6) is -0.553. The van der Waals surface area contributed by atoms with Crippen molar-refractivity contribution < 1.29 is 9.18 Å². The van der Waals surface area contributed by atoms with Crippen molar-refractivity contribution in [2.75, 3.05) is 12.4 Å². The van der Waals surface area contributed by atoms with Crippen LogP contribution in [0.15, 0.2) is 12.1 Å². The van der Waals surface area contributed by atoms with Crippen LogP contribution in [0.1, 0.15) is 0 Å². The molecule has 0 saturated carbocycles. The van der Waals surface area contributed by atoms with Gasteiger partial charge in [-0.25, -0.2) is 9.18 Å². The van der Waals surface area contributed by atoms with Crippen LogP contribution in [0.3, 0.4) is 0 Å². The number of rotatable bonds is 1. The summed E-state index contributed by atoms with van der Waals surface area (Å²) < 4.78 is 12.7. The van der Waals surface area contributed by atoms with E-state index in [-0.39, 0.29) is 15.7 Å². The molecule has 2 N–H and O–H groups in total. The molecule has 0 saturated heterocycles. The second-order valence-corrected chi connectivity index (χ2v) is 3.26. The summed E-state index contributed by atoms with van der Waals surface area (Å²) in [6, 6.07) is 1.66. The minimum Gasteiger partial charge on any atom is -0.341 e. The zero-order valence-corrected chi connectivity index (χ0v) is 8.71. The van der Waals surface area contributed by atoms with Gasteiger partial charge < -0.3 is 10.6 Å². The zero-order valence-electron chi connectivity index (χ0n) is 7.20. The van der Waals surface area contributed by atoms with Gasteiger partial charge >= 0.3 is 6.03 Å². The van der Waals surface area contributed by atoms with Crippen molar-refractivity contribution in [2.24, 2.45) is 0 Å². The van der Waals surface area contributed by atoms with Crippen LogP contribution in [0.4, 0.5) is 14.9 Å². The molecule has 0 bridgehead atoms. The van der Waals surface area contributed by atoms with Gasteiger partial charge in [-0.05, 0) is 12.1 Å². The summed E-state index contributed by atoms with van der Waals surface area (Å²) in [6.45, 7) is 0. The highest BCUT2D eigenvalue weighted by Crippen LogP contribution is 2.31. The standard InChI is InChI=1S/C8H7Cl2FN2O/c1-12-8(14)13-7-5(9)2-4(11)3-6(7)10/h2-3H,1H3,(H2,12,13,14). The highest BCUT2D eigenvalue weighted by Gasteiger charge is 2.10. The number of urea groups is 1. The van der Waals surface area contributed by atoms with Crippen molar-refractivity contribution in [2.45, 2.75) is 0 Å². The van der Waals surface area contributed by atoms with E-state index >= 15 is 0 Å². The van der Waals surface area contributed by atoms with Gasteiger partial charge in [0, 0.05) is 7.05 Å². The first kappa shape index (κ1) is 11.1. The lowest BCUT2D eigenvalue weighted by Crippen LogP contribution is -2.24. The van der Waals surface area contributed by atoms with E-state index in [0.29, 0.717) is 0 Å². The second kappa shape index (κ2) is 4.48. The fourth-order valence-electron chi connectivity index (χ4n) is 0.838. The number of carbonyl (C=O) groups excluding carboxylic acids is 1. The van der Waals surface area contributed by atoms with Crippen molar-refractivity contribution in [1.29, 1.82) is 0 Å². The number of nitrogens with one attached hydrogen (secondary N) is 2. The van der Waals surface area contributed by atoms with Crippen molar-refractivity contribution in [1.82, 2.24) is 5.32 Å².